The molecule has 3 heterocycles. The van der Waals surface area contributed by atoms with Crippen LogP contribution in [-0.2, 0) is 12.0 Å². The van der Waals surface area contributed by atoms with E-state index >= 15 is 0 Å². The van der Waals surface area contributed by atoms with Crippen LogP contribution in [0, 0.1) is 11.8 Å². The van der Waals surface area contributed by atoms with Crippen molar-refractivity contribution in [3.63, 3.8) is 0 Å². The molecule has 0 aliphatic carbocycles. The van der Waals surface area contributed by atoms with Crippen molar-refractivity contribution in [3.8, 4) is 0 Å². The molecule has 1 atom stereocenters. The van der Waals surface area contributed by atoms with E-state index in [2.05, 4.69) is 15.6 Å². The third-order valence-electron chi connectivity index (χ3n) is 7.42. The lowest BCUT2D eigenvalue weighted by atomic mass is 9.74. The van der Waals surface area contributed by atoms with Crippen molar-refractivity contribution in [3.05, 3.63) is 99.3 Å². The monoisotopic (exact) mass is 543 g/mol. The molecule has 0 bridgehead atoms. The van der Waals surface area contributed by atoms with Gasteiger partial charge in [0, 0.05) is 29.4 Å². The van der Waals surface area contributed by atoms with E-state index in [0.29, 0.717) is 29.4 Å². The number of hydrogen-bond acceptors (Lipinski definition) is 3. The number of carbonyl (C=O) groups is 1. The van der Waals surface area contributed by atoms with Gasteiger partial charge in [0.15, 0.2) is 0 Å². The van der Waals surface area contributed by atoms with E-state index in [1.54, 1.807) is 12.1 Å². The quantitative estimate of drug-likeness (QED) is 0.296. The standard InChI is InChI=1S/C28H26Cl2F2N4O/c29-21-5-3-19(4-6-21)2-1-15-36(27(37)35-17-20-9-12-34-24(32)16-20)18-28(10-13-33-14-11-28)25-23(36)8-7-22(31)26(25)30/h1-9,12,16,33H,10-11,13-15,17-18H2/p+1/b2-1+. The fraction of sp³-hybridized carbons (Fsp3) is 0.286. The summed E-state index contributed by atoms with van der Waals surface area (Å²) in [5.74, 6) is -1.09. The van der Waals surface area contributed by atoms with Crippen molar-refractivity contribution in [2.45, 2.75) is 24.8 Å². The van der Waals surface area contributed by atoms with Crippen LogP contribution in [0.15, 0.2) is 60.8 Å². The van der Waals surface area contributed by atoms with E-state index < -0.39 is 17.2 Å². The predicted octanol–water partition coefficient (Wildman–Crippen LogP) is 6.23. The van der Waals surface area contributed by atoms with Crippen molar-refractivity contribution >= 4 is 41.0 Å². The van der Waals surface area contributed by atoms with Gasteiger partial charge in [-0.1, -0.05) is 41.4 Å². The van der Waals surface area contributed by atoms with Crippen LogP contribution in [0.25, 0.3) is 6.08 Å². The first-order valence-electron chi connectivity index (χ1n) is 12.2. The topological polar surface area (TPSA) is 54.0 Å². The molecule has 2 aromatic carbocycles. The molecule has 0 radical (unpaired) electrons. The minimum atomic E-state index is -0.607. The maximum absolute atomic E-state index is 14.8. The van der Waals surface area contributed by atoms with Gasteiger partial charge >= 0.3 is 6.03 Å². The first kappa shape index (κ1) is 25.8. The van der Waals surface area contributed by atoms with Gasteiger partial charge in [-0.15, -0.1) is 0 Å². The molecule has 2 aliphatic heterocycles. The second kappa shape index (κ2) is 10.5. The Hall–Kier alpha value is -2.84. The van der Waals surface area contributed by atoms with Gasteiger partial charge in [0.25, 0.3) is 0 Å². The fourth-order valence-electron chi connectivity index (χ4n) is 5.65. The number of hydrogen-bond donors (Lipinski definition) is 2. The number of rotatable bonds is 5. The number of pyridine rings is 1. The lowest BCUT2D eigenvalue weighted by Gasteiger charge is -2.36. The number of quaternary nitrogens is 1. The van der Waals surface area contributed by atoms with Crippen LogP contribution >= 0.6 is 23.2 Å². The molecular formula is C28H27Cl2F2N4O+. The van der Waals surface area contributed by atoms with Crippen molar-refractivity contribution in [1.29, 1.82) is 0 Å². The van der Waals surface area contributed by atoms with E-state index in [1.165, 1.54) is 18.3 Å². The van der Waals surface area contributed by atoms with Crippen molar-refractivity contribution in [2.75, 3.05) is 26.2 Å². The highest BCUT2D eigenvalue weighted by Crippen LogP contribution is 2.53. The lowest BCUT2D eigenvalue weighted by Crippen LogP contribution is -2.60. The van der Waals surface area contributed by atoms with Gasteiger partial charge < -0.3 is 10.6 Å². The van der Waals surface area contributed by atoms with E-state index in [0.717, 1.165) is 37.1 Å². The average Bonchev–Trinajstić information content (AvgIpc) is 3.16. The lowest BCUT2D eigenvalue weighted by molar-refractivity contribution is 0.189. The number of benzene rings is 2. The first-order chi connectivity index (χ1) is 17.8. The molecule has 3 aromatic rings. The summed E-state index contributed by atoms with van der Waals surface area (Å²) in [6, 6.07) is 13.2. The maximum atomic E-state index is 14.8. The highest BCUT2D eigenvalue weighted by atomic mass is 35.5. The van der Waals surface area contributed by atoms with Crippen molar-refractivity contribution in [2.24, 2.45) is 0 Å². The molecule has 1 saturated heterocycles. The van der Waals surface area contributed by atoms with Crippen LogP contribution in [0.4, 0.5) is 19.3 Å². The predicted molar refractivity (Wildman–Crippen MR) is 144 cm³/mol. The highest BCUT2D eigenvalue weighted by molar-refractivity contribution is 6.32. The van der Waals surface area contributed by atoms with E-state index in [-0.39, 0.29) is 22.1 Å². The molecule has 2 aliphatic rings. The number of fused-ring (bicyclic) bond motifs is 2. The number of carbonyl (C=O) groups excluding carboxylic acids is 1. The summed E-state index contributed by atoms with van der Waals surface area (Å²) in [6.07, 6.45) is 6.75. The van der Waals surface area contributed by atoms with Crippen LogP contribution in [0.5, 0.6) is 0 Å². The summed E-state index contributed by atoms with van der Waals surface area (Å²) in [5.41, 5.74) is 2.54. The number of aromatic nitrogens is 1. The van der Waals surface area contributed by atoms with Crippen LogP contribution in [-0.4, -0.2) is 37.2 Å². The number of piperidine rings is 1. The van der Waals surface area contributed by atoms with Gasteiger partial charge in [0.2, 0.25) is 5.95 Å². The summed E-state index contributed by atoms with van der Waals surface area (Å²) in [4.78, 5) is 17.6. The SMILES string of the molecule is O=C(NCc1ccnc(F)c1)[N+]1(C/C=C/c2ccc(Cl)cc2)CC2(CCNCC2)c2c1ccc(F)c2Cl. The molecule has 1 unspecified atom stereocenters. The summed E-state index contributed by atoms with van der Waals surface area (Å²) < 4.78 is 28.3. The second-order valence-corrected chi connectivity index (χ2v) is 10.5. The maximum Gasteiger partial charge on any atom is 0.422 e. The molecule has 9 heteroatoms. The zero-order valence-corrected chi connectivity index (χ0v) is 21.6. The summed E-state index contributed by atoms with van der Waals surface area (Å²) >= 11 is 12.6. The summed E-state index contributed by atoms with van der Waals surface area (Å²) in [5, 5.41) is 7.10. The number of nitrogens with one attached hydrogen (secondary N) is 2. The number of nitrogens with zero attached hydrogens (tertiary/aromatic N) is 2. The molecule has 5 rings (SSSR count). The second-order valence-electron chi connectivity index (χ2n) is 9.69. The van der Waals surface area contributed by atoms with Crippen LogP contribution in [0.2, 0.25) is 10.0 Å². The van der Waals surface area contributed by atoms with Crippen LogP contribution in [0.1, 0.15) is 29.5 Å². The Balaban J connectivity index is 1.54. The zero-order valence-electron chi connectivity index (χ0n) is 20.1. The van der Waals surface area contributed by atoms with Gasteiger partial charge in [-0.25, -0.2) is 18.7 Å². The third-order valence-corrected chi connectivity index (χ3v) is 8.04. The number of halogens is 4. The van der Waals surface area contributed by atoms with Crippen LogP contribution in [0.3, 0.4) is 0 Å². The molecule has 1 aromatic heterocycles. The fourth-order valence-corrected chi connectivity index (χ4v) is 6.13. The third kappa shape index (κ3) is 5.01. The smallest absolute Gasteiger partial charge is 0.317 e. The minimum absolute atomic E-state index is 0.0625. The van der Waals surface area contributed by atoms with Crippen molar-refractivity contribution < 1.29 is 13.6 Å². The minimum Gasteiger partial charge on any atom is -0.317 e. The molecule has 1 fully saturated rings. The summed E-state index contributed by atoms with van der Waals surface area (Å²) in [6.45, 7) is 2.44. The molecule has 1 spiro atoms. The van der Waals surface area contributed by atoms with E-state index in [1.807, 2.05) is 36.4 Å². The molecule has 2 N–H and O–H groups in total. The molecular weight excluding hydrogens is 517 g/mol. The Bertz CT molecular complexity index is 1340. The molecule has 0 saturated carbocycles. The van der Waals surface area contributed by atoms with Crippen LogP contribution < -0.4 is 15.1 Å². The van der Waals surface area contributed by atoms with E-state index in [4.69, 9.17) is 23.2 Å². The number of urea groups is 1. The molecule has 37 heavy (non-hydrogen) atoms. The Morgan fingerprint density at radius 1 is 1.11 bits per heavy atom. The van der Waals surface area contributed by atoms with Gasteiger partial charge in [-0.3, -0.25) is 0 Å². The Morgan fingerprint density at radius 2 is 1.86 bits per heavy atom. The Labute approximate surface area is 224 Å². The van der Waals surface area contributed by atoms with Gasteiger partial charge in [0.1, 0.15) is 24.6 Å². The number of amides is 2. The largest absolute Gasteiger partial charge is 0.422 e. The van der Waals surface area contributed by atoms with E-state index in [9.17, 15) is 13.6 Å². The normalized spacial score (nSPS) is 20.3. The molecule has 5 nitrogen and oxygen atoms in total. The van der Waals surface area contributed by atoms with Crippen molar-refractivity contribution in [1.82, 2.24) is 20.1 Å². The molecule has 2 amide bonds. The highest BCUT2D eigenvalue weighted by Gasteiger charge is 2.58. The van der Waals surface area contributed by atoms with Gasteiger partial charge in [-0.05, 0) is 73.5 Å². The Kier molecular flexibility index (Phi) is 7.32. The Morgan fingerprint density at radius 3 is 2.59 bits per heavy atom. The van der Waals surface area contributed by atoms with Gasteiger partial charge in [-0.2, -0.15) is 4.39 Å². The summed E-state index contributed by atoms with van der Waals surface area (Å²) in [7, 11) is 0. The zero-order chi connectivity index (χ0) is 26.0. The van der Waals surface area contributed by atoms with Gasteiger partial charge in [0.05, 0.1) is 10.4 Å². The average molecular weight is 544 g/mol. The molecule has 192 valence electrons. The first-order valence-corrected chi connectivity index (χ1v) is 13.0.